The van der Waals surface area contributed by atoms with E-state index in [-0.39, 0.29) is 13.1 Å². The first-order valence-corrected chi connectivity index (χ1v) is 8.14. The number of halogens is 4. The van der Waals surface area contributed by atoms with Gasteiger partial charge in [-0.05, 0) is 32.9 Å². The van der Waals surface area contributed by atoms with Crippen molar-refractivity contribution in [1.82, 2.24) is 4.90 Å². The van der Waals surface area contributed by atoms with Crippen molar-refractivity contribution in [2.45, 2.75) is 38.6 Å². The van der Waals surface area contributed by atoms with Crippen LogP contribution in [0.15, 0.2) is 18.2 Å². The summed E-state index contributed by atoms with van der Waals surface area (Å²) in [5.41, 5.74) is -2.78. The summed E-state index contributed by atoms with van der Waals surface area (Å²) in [5, 5.41) is 9.43. The third-order valence-electron chi connectivity index (χ3n) is 3.91. The second kappa shape index (κ2) is 7.24. The van der Waals surface area contributed by atoms with Crippen LogP contribution in [0.2, 0.25) is 0 Å². The zero-order valence-corrected chi connectivity index (χ0v) is 15.0. The summed E-state index contributed by atoms with van der Waals surface area (Å²) in [6.45, 7) is 4.12. The van der Waals surface area contributed by atoms with E-state index in [0.29, 0.717) is 6.07 Å². The molecule has 0 saturated carbocycles. The maximum absolute atomic E-state index is 13.8. The molecule has 6 nitrogen and oxygen atoms in total. The molecule has 27 heavy (non-hydrogen) atoms. The molecule has 1 saturated heterocycles. The molecule has 1 amide bonds. The number of rotatable bonds is 2. The zero-order chi connectivity index (χ0) is 20.6. The average molecular weight is 392 g/mol. The molecule has 0 radical (unpaired) electrons. The third kappa shape index (κ3) is 4.81. The number of ether oxygens (including phenoxy) is 1. The number of anilines is 1. The second-order valence-corrected chi connectivity index (χ2v) is 7.11. The Morgan fingerprint density at radius 2 is 1.81 bits per heavy atom. The van der Waals surface area contributed by atoms with Crippen molar-refractivity contribution in [2.75, 3.05) is 24.5 Å². The molecule has 0 bridgehead atoms. The number of hydrogen-bond acceptors (Lipinski definition) is 4. The number of amides is 1. The van der Waals surface area contributed by atoms with Crippen LogP contribution in [0, 0.1) is 5.82 Å². The zero-order valence-electron chi connectivity index (χ0n) is 15.0. The smallest absolute Gasteiger partial charge is 0.421 e. The van der Waals surface area contributed by atoms with Gasteiger partial charge in [0.05, 0.1) is 5.69 Å². The Kier molecular flexibility index (Phi) is 5.58. The van der Waals surface area contributed by atoms with Crippen molar-refractivity contribution in [3.8, 4) is 0 Å². The molecule has 1 unspecified atom stereocenters. The number of nitrogens with zero attached hydrogens (tertiary/aromatic N) is 2. The first-order valence-electron chi connectivity index (χ1n) is 8.14. The number of carbonyl (C=O) groups is 2. The van der Waals surface area contributed by atoms with E-state index in [4.69, 9.17) is 4.74 Å². The molecular weight excluding hydrogens is 372 g/mol. The van der Waals surface area contributed by atoms with Crippen LogP contribution in [0.3, 0.4) is 0 Å². The lowest BCUT2D eigenvalue weighted by Gasteiger charge is -2.41. The highest BCUT2D eigenvalue weighted by Gasteiger charge is 2.42. The topological polar surface area (TPSA) is 70.1 Å². The van der Waals surface area contributed by atoms with Gasteiger partial charge in [0.2, 0.25) is 0 Å². The minimum Gasteiger partial charge on any atom is -0.480 e. The van der Waals surface area contributed by atoms with Gasteiger partial charge in [-0.25, -0.2) is 14.0 Å². The van der Waals surface area contributed by atoms with Gasteiger partial charge in [0, 0.05) is 19.6 Å². The Bertz CT molecular complexity index is 731. The van der Waals surface area contributed by atoms with Crippen LogP contribution in [-0.2, 0) is 15.7 Å². The summed E-state index contributed by atoms with van der Waals surface area (Å²) in [5.74, 6) is -2.84. The van der Waals surface area contributed by atoms with Crippen molar-refractivity contribution in [3.63, 3.8) is 0 Å². The van der Waals surface area contributed by atoms with E-state index in [1.54, 1.807) is 20.8 Å². The lowest BCUT2D eigenvalue weighted by Crippen LogP contribution is -2.59. The Balaban J connectivity index is 2.32. The second-order valence-electron chi connectivity index (χ2n) is 7.11. The lowest BCUT2D eigenvalue weighted by atomic mass is 10.1. The first-order chi connectivity index (χ1) is 12.3. The van der Waals surface area contributed by atoms with E-state index in [1.165, 1.54) is 0 Å². The van der Waals surface area contributed by atoms with Crippen molar-refractivity contribution >= 4 is 17.7 Å². The fraction of sp³-hybridized carbons (Fsp3) is 0.529. The highest BCUT2D eigenvalue weighted by molar-refractivity contribution is 5.81. The summed E-state index contributed by atoms with van der Waals surface area (Å²) in [6, 6.07) is 1.46. The Morgan fingerprint density at radius 3 is 2.33 bits per heavy atom. The molecule has 1 aliphatic rings. The predicted octanol–water partition coefficient (Wildman–Crippen LogP) is 3.35. The first kappa shape index (κ1) is 20.8. The quantitative estimate of drug-likeness (QED) is 0.782. The molecule has 0 spiro atoms. The lowest BCUT2D eigenvalue weighted by molar-refractivity contribution is -0.143. The molecular formula is C17H20F4N2O4. The number of aliphatic carboxylic acids is 1. The standard InChI is InChI=1S/C17H20F4N2O4/c1-16(2,3)27-15(26)23-8-7-22(9-12(23)14(24)25)11-6-4-5-10(18)13(11)17(19,20)21/h4-6,12H,7-9H2,1-3H3,(H,24,25). The predicted molar refractivity (Wildman–Crippen MR) is 88.0 cm³/mol. The van der Waals surface area contributed by atoms with Crippen LogP contribution >= 0.6 is 0 Å². The van der Waals surface area contributed by atoms with E-state index in [0.717, 1.165) is 21.9 Å². The molecule has 150 valence electrons. The van der Waals surface area contributed by atoms with E-state index >= 15 is 0 Å². The van der Waals surface area contributed by atoms with Gasteiger partial charge in [-0.15, -0.1) is 0 Å². The molecule has 1 N–H and O–H groups in total. The molecule has 1 heterocycles. The third-order valence-corrected chi connectivity index (χ3v) is 3.91. The Hall–Kier alpha value is -2.52. The molecule has 0 aromatic heterocycles. The van der Waals surface area contributed by atoms with Gasteiger partial charge in [0.1, 0.15) is 23.0 Å². The molecule has 0 aliphatic carbocycles. The van der Waals surface area contributed by atoms with Crippen LogP contribution in [-0.4, -0.2) is 53.3 Å². The number of hydrogen-bond donors (Lipinski definition) is 1. The Labute approximate surface area is 153 Å². The van der Waals surface area contributed by atoms with Crippen LogP contribution in [0.25, 0.3) is 0 Å². The van der Waals surface area contributed by atoms with E-state index in [9.17, 15) is 32.3 Å². The average Bonchev–Trinajstić information content (AvgIpc) is 2.51. The number of piperazine rings is 1. The molecule has 1 fully saturated rings. The normalized spacial score (nSPS) is 18.4. The maximum Gasteiger partial charge on any atom is 0.421 e. The van der Waals surface area contributed by atoms with Gasteiger partial charge >= 0.3 is 18.2 Å². The molecule has 1 aromatic carbocycles. The van der Waals surface area contributed by atoms with Gasteiger partial charge in [-0.2, -0.15) is 13.2 Å². The summed E-state index contributed by atoms with van der Waals surface area (Å²) >= 11 is 0. The number of alkyl halides is 3. The Morgan fingerprint density at radius 1 is 1.19 bits per heavy atom. The molecule has 1 aliphatic heterocycles. The summed E-state index contributed by atoms with van der Waals surface area (Å²) in [6.07, 6.45) is -5.81. The summed E-state index contributed by atoms with van der Waals surface area (Å²) in [7, 11) is 0. The largest absolute Gasteiger partial charge is 0.480 e. The van der Waals surface area contributed by atoms with Gasteiger partial charge in [-0.3, -0.25) is 4.90 Å². The van der Waals surface area contributed by atoms with Gasteiger partial charge in [-0.1, -0.05) is 6.07 Å². The van der Waals surface area contributed by atoms with Crippen molar-refractivity contribution < 1.29 is 37.0 Å². The van der Waals surface area contributed by atoms with Crippen LogP contribution < -0.4 is 4.90 Å². The highest BCUT2D eigenvalue weighted by atomic mass is 19.4. The van der Waals surface area contributed by atoms with Crippen molar-refractivity contribution in [1.29, 1.82) is 0 Å². The van der Waals surface area contributed by atoms with E-state index in [1.807, 2.05) is 0 Å². The number of benzene rings is 1. The van der Waals surface area contributed by atoms with Crippen molar-refractivity contribution in [2.24, 2.45) is 0 Å². The number of carboxylic acids is 1. The fourth-order valence-corrected chi connectivity index (χ4v) is 2.81. The maximum atomic E-state index is 13.8. The monoisotopic (exact) mass is 392 g/mol. The molecule has 2 rings (SSSR count). The minimum absolute atomic E-state index is 0.102. The molecule has 1 atom stereocenters. The van der Waals surface area contributed by atoms with E-state index < -0.39 is 53.5 Å². The summed E-state index contributed by atoms with van der Waals surface area (Å²) < 4.78 is 58.7. The highest BCUT2D eigenvalue weighted by Crippen LogP contribution is 2.39. The SMILES string of the molecule is CC(C)(C)OC(=O)N1CCN(c2cccc(F)c2C(F)(F)F)CC1C(=O)O. The summed E-state index contributed by atoms with van der Waals surface area (Å²) in [4.78, 5) is 25.9. The van der Waals surface area contributed by atoms with E-state index in [2.05, 4.69) is 0 Å². The minimum atomic E-state index is -4.94. The van der Waals surface area contributed by atoms with Crippen LogP contribution in [0.5, 0.6) is 0 Å². The molecule has 10 heteroatoms. The van der Waals surface area contributed by atoms with Crippen LogP contribution in [0.4, 0.5) is 28.0 Å². The van der Waals surface area contributed by atoms with Gasteiger partial charge < -0.3 is 14.7 Å². The van der Waals surface area contributed by atoms with Gasteiger partial charge in [0.15, 0.2) is 0 Å². The van der Waals surface area contributed by atoms with Crippen molar-refractivity contribution in [3.05, 3.63) is 29.6 Å². The van der Waals surface area contributed by atoms with Crippen LogP contribution in [0.1, 0.15) is 26.3 Å². The number of carbonyl (C=O) groups excluding carboxylic acids is 1. The number of carboxylic acid groups (broad SMARTS) is 1. The fourth-order valence-electron chi connectivity index (χ4n) is 2.81. The van der Waals surface area contributed by atoms with Gasteiger partial charge in [0.25, 0.3) is 0 Å². The molecule has 1 aromatic rings.